The minimum atomic E-state index is 0.732. The Balaban J connectivity index is 2.26. The van der Waals surface area contributed by atoms with E-state index in [1.54, 1.807) is 5.51 Å². The maximum Gasteiger partial charge on any atom is 0.119 e. The highest BCUT2D eigenvalue weighted by atomic mass is 32.1. The van der Waals surface area contributed by atoms with Gasteiger partial charge in [-0.05, 0) is 18.6 Å². The summed E-state index contributed by atoms with van der Waals surface area (Å²) in [5.74, 6) is 0.867. The first-order valence-corrected chi connectivity index (χ1v) is 6.11. The largest absolute Gasteiger partial charge is 0.494 e. The molecule has 0 amide bonds. The fourth-order valence-corrected chi connectivity index (χ4v) is 1.98. The highest BCUT2D eigenvalue weighted by Gasteiger charge is 2.06. The second-order valence-electron chi connectivity index (χ2n) is 3.44. The van der Waals surface area contributed by atoms with Gasteiger partial charge in [0.15, 0.2) is 0 Å². The Labute approximate surface area is 98.9 Å². The molecule has 0 bridgehead atoms. The lowest BCUT2D eigenvalue weighted by molar-refractivity contribution is 0.317. The van der Waals surface area contributed by atoms with Crippen LogP contribution in [0.25, 0.3) is 11.3 Å². The minimum Gasteiger partial charge on any atom is -0.494 e. The van der Waals surface area contributed by atoms with E-state index in [4.69, 9.17) is 10.5 Å². The summed E-state index contributed by atoms with van der Waals surface area (Å²) >= 11 is 1.45. The number of rotatable bonds is 4. The molecule has 0 aliphatic carbocycles. The van der Waals surface area contributed by atoms with E-state index in [1.165, 1.54) is 11.3 Å². The Kier molecular flexibility index (Phi) is 3.41. The van der Waals surface area contributed by atoms with E-state index >= 15 is 0 Å². The molecule has 2 aromatic rings. The monoisotopic (exact) mass is 234 g/mol. The summed E-state index contributed by atoms with van der Waals surface area (Å²) in [6, 6.07) is 7.87. The van der Waals surface area contributed by atoms with Crippen LogP contribution in [0.4, 0.5) is 5.00 Å². The first-order valence-electron chi connectivity index (χ1n) is 5.23. The lowest BCUT2D eigenvalue weighted by Gasteiger charge is -2.06. The standard InChI is InChI=1S/C12H14N2OS/c1-2-6-15-10-5-3-4-9(7-10)11-12(13)16-8-14-11/h3-5,7-8H,2,6,13H2,1H3. The van der Waals surface area contributed by atoms with Crippen molar-refractivity contribution in [1.29, 1.82) is 0 Å². The van der Waals surface area contributed by atoms with Crippen molar-refractivity contribution in [2.45, 2.75) is 13.3 Å². The number of benzene rings is 1. The molecule has 0 aliphatic heterocycles. The predicted molar refractivity (Wildman–Crippen MR) is 67.7 cm³/mol. The summed E-state index contributed by atoms with van der Waals surface area (Å²) in [5.41, 5.74) is 9.44. The number of hydrogen-bond donors (Lipinski definition) is 1. The zero-order valence-electron chi connectivity index (χ0n) is 9.14. The second kappa shape index (κ2) is 4.99. The first-order chi connectivity index (χ1) is 7.81. The van der Waals surface area contributed by atoms with Gasteiger partial charge in [0.2, 0.25) is 0 Å². The molecule has 3 nitrogen and oxygen atoms in total. The Morgan fingerprint density at radius 2 is 2.31 bits per heavy atom. The lowest BCUT2D eigenvalue weighted by Crippen LogP contribution is -1.95. The van der Waals surface area contributed by atoms with Crippen LogP contribution in [0.1, 0.15) is 13.3 Å². The summed E-state index contributed by atoms with van der Waals surface area (Å²) in [6.07, 6.45) is 1.00. The van der Waals surface area contributed by atoms with Crippen LogP contribution in [-0.2, 0) is 0 Å². The van der Waals surface area contributed by atoms with Gasteiger partial charge in [0, 0.05) is 5.56 Å². The zero-order valence-corrected chi connectivity index (χ0v) is 9.96. The molecule has 0 fully saturated rings. The molecule has 16 heavy (non-hydrogen) atoms. The summed E-state index contributed by atoms with van der Waals surface area (Å²) in [7, 11) is 0. The zero-order chi connectivity index (χ0) is 11.4. The van der Waals surface area contributed by atoms with E-state index in [0.717, 1.165) is 35.0 Å². The number of thiazole rings is 1. The average molecular weight is 234 g/mol. The van der Waals surface area contributed by atoms with Crippen molar-refractivity contribution >= 4 is 16.3 Å². The van der Waals surface area contributed by atoms with E-state index in [2.05, 4.69) is 11.9 Å². The Morgan fingerprint density at radius 1 is 1.44 bits per heavy atom. The van der Waals surface area contributed by atoms with Crippen LogP contribution in [0.2, 0.25) is 0 Å². The number of ether oxygens (including phenoxy) is 1. The average Bonchev–Trinajstić information content (AvgIpc) is 2.73. The number of nitrogen functional groups attached to an aromatic ring is 1. The molecule has 1 heterocycles. The van der Waals surface area contributed by atoms with Crippen molar-refractivity contribution < 1.29 is 4.74 Å². The molecule has 2 N–H and O–H groups in total. The predicted octanol–water partition coefficient (Wildman–Crippen LogP) is 3.18. The fraction of sp³-hybridized carbons (Fsp3) is 0.250. The number of anilines is 1. The van der Waals surface area contributed by atoms with Crippen molar-refractivity contribution in [3.63, 3.8) is 0 Å². The SMILES string of the molecule is CCCOc1cccc(-c2ncsc2N)c1. The first kappa shape index (κ1) is 11.0. The number of hydrogen-bond acceptors (Lipinski definition) is 4. The third kappa shape index (κ3) is 2.33. The highest BCUT2D eigenvalue weighted by molar-refractivity contribution is 7.14. The van der Waals surface area contributed by atoms with E-state index in [9.17, 15) is 0 Å². The summed E-state index contributed by atoms with van der Waals surface area (Å²) < 4.78 is 5.57. The summed E-state index contributed by atoms with van der Waals surface area (Å²) in [5, 5.41) is 0.743. The van der Waals surface area contributed by atoms with Gasteiger partial charge < -0.3 is 10.5 Å². The number of nitrogens with zero attached hydrogens (tertiary/aromatic N) is 1. The van der Waals surface area contributed by atoms with Crippen molar-refractivity contribution in [3.8, 4) is 17.0 Å². The van der Waals surface area contributed by atoms with Crippen LogP contribution in [0.5, 0.6) is 5.75 Å². The van der Waals surface area contributed by atoms with Crippen LogP contribution >= 0.6 is 11.3 Å². The van der Waals surface area contributed by atoms with Gasteiger partial charge in [-0.25, -0.2) is 4.98 Å². The molecule has 0 saturated carbocycles. The van der Waals surface area contributed by atoms with E-state index in [0.29, 0.717) is 0 Å². The smallest absolute Gasteiger partial charge is 0.119 e. The molecule has 4 heteroatoms. The van der Waals surface area contributed by atoms with Crippen molar-refractivity contribution in [1.82, 2.24) is 4.98 Å². The Hall–Kier alpha value is -1.55. The van der Waals surface area contributed by atoms with Crippen LogP contribution in [0, 0.1) is 0 Å². The molecule has 2 rings (SSSR count). The fourth-order valence-electron chi connectivity index (χ4n) is 1.43. The van der Waals surface area contributed by atoms with Gasteiger partial charge in [-0.2, -0.15) is 0 Å². The maximum absolute atomic E-state index is 5.84. The van der Waals surface area contributed by atoms with Crippen molar-refractivity contribution in [3.05, 3.63) is 29.8 Å². The second-order valence-corrected chi connectivity index (χ2v) is 4.33. The van der Waals surface area contributed by atoms with Crippen LogP contribution in [-0.4, -0.2) is 11.6 Å². The molecular weight excluding hydrogens is 220 g/mol. The van der Waals surface area contributed by atoms with E-state index in [1.807, 2.05) is 24.3 Å². The van der Waals surface area contributed by atoms with Gasteiger partial charge in [0.05, 0.1) is 12.1 Å². The number of aromatic nitrogens is 1. The van der Waals surface area contributed by atoms with Gasteiger partial charge in [-0.15, -0.1) is 11.3 Å². The van der Waals surface area contributed by atoms with Crippen LogP contribution < -0.4 is 10.5 Å². The number of nitrogens with two attached hydrogens (primary N) is 1. The molecule has 0 radical (unpaired) electrons. The molecule has 84 valence electrons. The summed E-state index contributed by atoms with van der Waals surface area (Å²) in [4.78, 5) is 4.25. The molecule has 0 unspecified atom stereocenters. The topological polar surface area (TPSA) is 48.1 Å². The third-order valence-electron chi connectivity index (χ3n) is 2.18. The van der Waals surface area contributed by atoms with Gasteiger partial charge in [0.1, 0.15) is 16.4 Å². The van der Waals surface area contributed by atoms with Gasteiger partial charge >= 0.3 is 0 Å². The normalized spacial score (nSPS) is 10.3. The minimum absolute atomic E-state index is 0.732. The lowest BCUT2D eigenvalue weighted by atomic mass is 10.1. The van der Waals surface area contributed by atoms with Gasteiger partial charge in [0.25, 0.3) is 0 Å². The highest BCUT2D eigenvalue weighted by Crippen LogP contribution is 2.29. The van der Waals surface area contributed by atoms with Crippen LogP contribution in [0.15, 0.2) is 29.8 Å². The quantitative estimate of drug-likeness (QED) is 0.883. The summed E-state index contributed by atoms with van der Waals surface area (Å²) in [6.45, 7) is 2.82. The van der Waals surface area contributed by atoms with E-state index in [-0.39, 0.29) is 0 Å². The molecule has 0 atom stereocenters. The van der Waals surface area contributed by atoms with Crippen molar-refractivity contribution in [2.24, 2.45) is 0 Å². The maximum atomic E-state index is 5.84. The molecule has 0 spiro atoms. The third-order valence-corrected chi connectivity index (χ3v) is 2.83. The van der Waals surface area contributed by atoms with Crippen LogP contribution in [0.3, 0.4) is 0 Å². The Bertz CT molecular complexity index is 468. The van der Waals surface area contributed by atoms with E-state index < -0.39 is 0 Å². The van der Waals surface area contributed by atoms with Gasteiger partial charge in [-0.3, -0.25) is 0 Å². The molecule has 0 aliphatic rings. The Morgan fingerprint density at radius 3 is 3.00 bits per heavy atom. The molecule has 1 aromatic heterocycles. The van der Waals surface area contributed by atoms with Crippen molar-refractivity contribution in [2.75, 3.05) is 12.3 Å². The van der Waals surface area contributed by atoms with Gasteiger partial charge in [-0.1, -0.05) is 19.1 Å². The molecule has 1 aromatic carbocycles. The molecular formula is C12H14N2OS. The molecule has 0 saturated heterocycles.